The lowest BCUT2D eigenvalue weighted by atomic mass is 9.90. The predicted octanol–water partition coefficient (Wildman–Crippen LogP) is 5.80. The molecular formula is C17H18F15NO3. The lowest BCUT2D eigenvalue weighted by molar-refractivity contribution is -0.449. The first-order valence-electron chi connectivity index (χ1n) is 9.39. The molecule has 0 heterocycles. The second-order valence-electron chi connectivity index (χ2n) is 7.86. The van der Waals surface area contributed by atoms with Gasteiger partial charge in [-0.3, -0.25) is 9.59 Å². The van der Waals surface area contributed by atoms with Crippen LogP contribution in [0.3, 0.4) is 0 Å². The van der Waals surface area contributed by atoms with Crippen LogP contribution < -0.4 is 0 Å². The van der Waals surface area contributed by atoms with Crippen molar-refractivity contribution in [2.24, 2.45) is 5.92 Å². The average Bonchev–Trinajstić information content (AvgIpc) is 2.68. The number of likely N-dealkylation sites (N-methyl/N-ethyl adjacent to an activating group) is 1. The molecule has 0 N–H and O–H groups in total. The highest BCUT2D eigenvalue weighted by Crippen LogP contribution is 2.62. The van der Waals surface area contributed by atoms with E-state index in [0.29, 0.717) is 6.42 Å². The summed E-state index contributed by atoms with van der Waals surface area (Å²) in [6, 6.07) is 0. The molecule has 1 amide bonds. The molecule has 0 aromatic rings. The standard InChI is InChI=1S/C17H18F15NO3/c1-8(2)5-4-6-36-9(34)7-33(3)10(35)11(18,19)12(20,21)13(22,23)14(24,25)15(26,27)16(28,29)17(30,31)32/h8H,4-7H2,1-3H3. The Hall–Kier alpha value is -2.11. The number of alkyl halides is 15. The number of halogens is 15. The maximum absolute atomic E-state index is 13.9. The predicted molar refractivity (Wildman–Crippen MR) is 88.4 cm³/mol. The number of hydrogen-bond donors (Lipinski definition) is 0. The zero-order valence-corrected chi connectivity index (χ0v) is 18.2. The molecule has 0 spiro atoms. The molecule has 0 aliphatic rings. The fraction of sp³-hybridized carbons (Fsp3) is 0.882. The number of rotatable bonds is 12. The summed E-state index contributed by atoms with van der Waals surface area (Å²) in [5, 5.41) is 0. The molecule has 0 fully saturated rings. The van der Waals surface area contributed by atoms with Gasteiger partial charge in [-0.2, -0.15) is 65.9 Å². The van der Waals surface area contributed by atoms with Gasteiger partial charge in [-0.25, -0.2) is 0 Å². The van der Waals surface area contributed by atoms with Crippen LogP contribution in [0.1, 0.15) is 26.7 Å². The van der Waals surface area contributed by atoms with Crippen molar-refractivity contribution in [3.8, 4) is 0 Å². The first-order chi connectivity index (χ1) is 15.6. The number of ether oxygens (including phenoxy) is 1. The second kappa shape index (κ2) is 10.3. The van der Waals surface area contributed by atoms with Crippen LogP contribution in [0.5, 0.6) is 0 Å². The van der Waals surface area contributed by atoms with E-state index in [9.17, 15) is 75.4 Å². The Morgan fingerprint density at radius 3 is 1.47 bits per heavy atom. The maximum atomic E-state index is 13.9. The van der Waals surface area contributed by atoms with Gasteiger partial charge < -0.3 is 9.64 Å². The van der Waals surface area contributed by atoms with Crippen molar-refractivity contribution in [2.45, 2.75) is 68.4 Å². The summed E-state index contributed by atoms with van der Waals surface area (Å²) in [6.45, 7) is 1.42. The Morgan fingerprint density at radius 1 is 0.694 bits per heavy atom. The summed E-state index contributed by atoms with van der Waals surface area (Å²) >= 11 is 0. The molecule has 0 aliphatic heterocycles. The van der Waals surface area contributed by atoms with Crippen molar-refractivity contribution in [2.75, 3.05) is 20.2 Å². The summed E-state index contributed by atoms with van der Waals surface area (Å²) in [6.07, 6.45) is -7.07. The van der Waals surface area contributed by atoms with E-state index in [4.69, 9.17) is 0 Å². The van der Waals surface area contributed by atoms with Crippen molar-refractivity contribution in [1.82, 2.24) is 4.90 Å². The van der Waals surface area contributed by atoms with Crippen LogP contribution in [0.2, 0.25) is 0 Å². The first-order valence-corrected chi connectivity index (χ1v) is 9.39. The summed E-state index contributed by atoms with van der Waals surface area (Å²) in [5.74, 6) is -53.6. The molecule has 0 saturated carbocycles. The maximum Gasteiger partial charge on any atom is 0.460 e. The SMILES string of the molecule is CC(C)CCCOC(=O)CN(C)C(=O)C(F)(F)C(F)(F)C(F)(F)C(F)(F)C(F)(F)C(F)(F)C(F)(F)F. The Balaban J connectivity index is 6.01. The Morgan fingerprint density at radius 2 is 1.08 bits per heavy atom. The number of carbonyl (C=O) groups is 2. The van der Waals surface area contributed by atoms with Crippen LogP contribution in [0.4, 0.5) is 65.9 Å². The minimum absolute atomic E-state index is 0.0599. The highest BCUT2D eigenvalue weighted by molar-refractivity contribution is 5.88. The summed E-state index contributed by atoms with van der Waals surface area (Å²) in [5.41, 5.74) is 0. The molecular weight excluding hydrogens is 551 g/mol. The molecule has 4 nitrogen and oxygen atoms in total. The minimum atomic E-state index is -8.50. The van der Waals surface area contributed by atoms with Crippen LogP contribution in [0.15, 0.2) is 0 Å². The third kappa shape index (κ3) is 5.73. The quantitative estimate of drug-likeness (QED) is 0.170. The summed E-state index contributed by atoms with van der Waals surface area (Å²) in [4.78, 5) is 22.2. The van der Waals surface area contributed by atoms with Crippen LogP contribution in [0, 0.1) is 5.92 Å². The lowest BCUT2D eigenvalue weighted by Crippen LogP contribution is -2.74. The van der Waals surface area contributed by atoms with Crippen molar-refractivity contribution >= 4 is 11.9 Å². The van der Waals surface area contributed by atoms with E-state index in [2.05, 4.69) is 4.74 Å². The van der Waals surface area contributed by atoms with Gasteiger partial charge in [0.05, 0.1) is 6.61 Å². The van der Waals surface area contributed by atoms with E-state index >= 15 is 0 Å². The number of carbonyl (C=O) groups excluding carboxylic acids is 2. The van der Waals surface area contributed by atoms with E-state index in [1.165, 1.54) is 0 Å². The average molecular weight is 569 g/mol. The van der Waals surface area contributed by atoms with Gasteiger partial charge in [-0.05, 0) is 18.8 Å². The zero-order chi connectivity index (χ0) is 29.3. The molecule has 0 rings (SSSR count). The van der Waals surface area contributed by atoms with Gasteiger partial charge in [0.25, 0.3) is 5.91 Å². The molecule has 0 aliphatic carbocycles. The molecule has 19 heteroatoms. The zero-order valence-electron chi connectivity index (χ0n) is 18.2. The fourth-order valence-corrected chi connectivity index (χ4v) is 2.33. The number of amides is 1. The third-order valence-electron chi connectivity index (χ3n) is 4.50. The van der Waals surface area contributed by atoms with Gasteiger partial charge in [0.2, 0.25) is 0 Å². The van der Waals surface area contributed by atoms with Crippen LogP contribution in [-0.4, -0.2) is 78.7 Å². The Labute approximate surface area is 192 Å². The molecule has 36 heavy (non-hydrogen) atoms. The van der Waals surface area contributed by atoms with E-state index in [1.807, 2.05) is 0 Å². The molecule has 0 radical (unpaired) electrons. The van der Waals surface area contributed by atoms with Gasteiger partial charge in [0, 0.05) is 7.05 Å². The van der Waals surface area contributed by atoms with Crippen LogP contribution >= 0.6 is 0 Å². The van der Waals surface area contributed by atoms with Gasteiger partial charge >= 0.3 is 47.7 Å². The number of nitrogens with zero attached hydrogens (tertiary/aromatic N) is 1. The topological polar surface area (TPSA) is 46.6 Å². The van der Waals surface area contributed by atoms with E-state index in [-0.39, 0.29) is 19.4 Å². The van der Waals surface area contributed by atoms with Crippen molar-refractivity contribution in [3.63, 3.8) is 0 Å². The highest BCUT2D eigenvalue weighted by atomic mass is 19.4. The van der Waals surface area contributed by atoms with Crippen LogP contribution in [-0.2, 0) is 14.3 Å². The van der Waals surface area contributed by atoms with Crippen LogP contribution in [0.25, 0.3) is 0 Å². The first kappa shape index (κ1) is 33.9. The Kier molecular flexibility index (Phi) is 9.73. The van der Waals surface area contributed by atoms with Crippen molar-refractivity contribution in [1.29, 1.82) is 0 Å². The van der Waals surface area contributed by atoms with Gasteiger partial charge in [-0.1, -0.05) is 13.8 Å². The molecule has 0 atom stereocenters. The minimum Gasteiger partial charge on any atom is -0.464 e. The second-order valence-corrected chi connectivity index (χ2v) is 7.86. The van der Waals surface area contributed by atoms with E-state index in [0.717, 1.165) is 0 Å². The molecule has 214 valence electrons. The molecule has 0 bridgehead atoms. The van der Waals surface area contributed by atoms with E-state index in [1.54, 1.807) is 13.8 Å². The molecule has 0 unspecified atom stereocenters. The summed E-state index contributed by atoms with van der Waals surface area (Å²) < 4.78 is 202. The van der Waals surface area contributed by atoms with Gasteiger partial charge in [0.1, 0.15) is 6.54 Å². The lowest BCUT2D eigenvalue weighted by Gasteiger charge is -2.41. The normalized spacial score (nSPS) is 14.8. The fourth-order valence-electron chi connectivity index (χ4n) is 2.33. The van der Waals surface area contributed by atoms with Gasteiger partial charge in [0.15, 0.2) is 0 Å². The monoisotopic (exact) mass is 569 g/mol. The van der Waals surface area contributed by atoms with Crippen molar-refractivity contribution < 1.29 is 80.2 Å². The van der Waals surface area contributed by atoms with E-state index < -0.39 is 71.6 Å². The smallest absolute Gasteiger partial charge is 0.460 e. The molecule has 0 saturated heterocycles. The molecule has 0 aromatic heterocycles. The number of esters is 1. The van der Waals surface area contributed by atoms with Gasteiger partial charge in [-0.15, -0.1) is 0 Å². The van der Waals surface area contributed by atoms with Crippen molar-refractivity contribution in [3.05, 3.63) is 0 Å². The highest BCUT2D eigenvalue weighted by Gasteiger charge is 2.94. The number of hydrogen-bond acceptors (Lipinski definition) is 3. The molecule has 0 aromatic carbocycles. The Bertz CT molecular complexity index is 793. The largest absolute Gasteiger partial charge is 0.464 e. The third-order valence-corrected chi connectivity index (χ3v) is 4.50. The summed E-state index contributed by atoms with van der Waals surface area (Å²) in [7, 11) is 0.0599.